The van der Waals surface area contributed by atoms with Crippen molar-refractivity contribution in [1.29, 1.82) is 0 Å². The molecule has 0 aromatic heterocycles. The normalized spacial score (nSPS) is 10.7. The number of ether oxygens (including phenoxy) is 2. The molecule has 0 aromatic rings. The van der Waals surface area contributed by atoms with Crippen molar-refractivity contribution in [2.75, 3.05) is 13.2 Å². The first-order chi connectivity index (χ1) is 9.49. The molecule has 0 aliphatic rings. The summed E-state index contributed by atoms with van der Waals surface area (Å²) >= 11 is 0. The average Bonchev–Trinajstić information content (AvgIpc) is 2.42. The maximum Gasteiger partial charge on any atom is 0.320 e. The van der Waals surface area contributed by atoms with Gasteiger partial charge in [-0.05, 0) is 33.6 Å². The SMILES string of the molecule is C=C.CCOC(C)OCC.NC(CCCC=O)C(=O)O. The first kappa shape index (κ1) is 23.8. The highest BCUT2D eigenvalue weighted by molar-refractivity contribution is 5.73. The minimum Gasteiger partial charge on any atom is -0.480 e. The van der Waals surface area contributed by atoms with Crippen molar-refractivity contribution in [2.45, 2.75) is 52.4 Å². The van der Waals surface area contributed by atoms with E-state index in [2.05, 4.69) is 13.2 Å². The van der Waals surface area contributed by atoms with Crippen LogP contribution in [0.25, 0.3) is 0 Å². The molecule has 0 heterocycles. The summed E-state index contributed by atoms with van der Waals surface area (Å²) in [6.07, 6.45) is 2.03. The molecule has 6 heteroatoms. The Balaban J connectivity index is -0.000000262. The maximum atomic E-state index is 10.1. The molecule has 6 nitrogen and oxygen atoms in total. The molecule has 3 N–H and O–H groups in total. The predicted octanol–water partition coefficient (Wildman–Crippen LogP) is 1.98. The second-order valence-electron chi connectivity index (χ2n) is 3.52. The molecular weight excluding hydrogens is 262 g/mol. The van der Waals surface area contributed by atoms with Crippen LogP contribution in [0.3, 0.4) is 0 Å². The van der Waals surface area contributed by atoms with Crippen LogP contribution in [0.2, 0.25) is 0 Å². The Morgan fingerprint density at radius 3 is 2.05 bits per heavy atom. The number of hydrogen-bond donors (Lipinski definition) is 2. The summed E-state index contributed by atoms with van der Waals surface area (Å²) in [5, 5.41) is 8.27. The van der Waals surface area contributed by atoms with E-state index in [0.717, 1.165) is 19.5 Å². The van der Waals surface area contributed by atoms with Gasteiger partial charge >= 0.3 is 5.97 Å². The van der Waals surface area contributed by atoms with Gasteiger partial charge in [0, 0.05) is 19.6 Å². The fourth-order valence-electron chi connectivity index (χ4n) is 1.06. The molecule has 0 fully saturated rings. The van der Waals surface area contributed by atoms with Gasteiger partial charge in [-0.1, -0.05) is 0 Å². The van der Waals surface area contributed by atoms with E-state index >= 15 is 0 Å². The third kappa shape index (κ3) is 22.0. The minimum atomic E-state index is -1.01. The highest BCUT2D eigenvalue weighted by atomic mass is 16.7. The summed E-state index contributed by atoms with van der Waals surface area (Å²) in [4.78, 5) is 19.8. The minimum absolute atomic E-state index is 0.0370. The number of aliphatic carboxylic acids is 1. The van der Waals surface area contributed by atoms with E-state index in [1.807, 2.05) is 20.8 Å². The third-order valence-electron chi connectivity index (χ3n) is 1.96. The first-order valence-electron chi connectivity index (χ1n) is 6.64. The number of rotatable bonds is 9. The molecule has 1 atom stereocenters. The molecule has 1 unspecified atom stereocenters. The van der Waals surface area contributed by atoms with Crippen LogP contribution in [0.5, 0.6) is 0 Å². The third-order valence-corrected chi connectivity index (χ3v) is 1.96. The Morgan fingerprint density at radius 2 is 1.75 bits per heavy atom. The standard InChI is InChI=1S/C6H11NO3.C6H14O2.C2H4/c7-5(6(9)10)3-1-2-4-8;1-4-7-6(3)8-5-2;1-2/h4-5H,1-3,7H2,(H,9,10);6H,4-5H2,1-3H3;1-2H2. The number of unbranched alkanes of at least 4 members (excludes halogenated alkanes) is 1. The number of carbonyl (C=O) groups excluding carboxylic acids is 1. The lowest BCUT2D eigenvalue weighted by Crippen LogP contribution is -2.29. The van der Waals surface area contributed by atoms with Gasteiger partial charge in [-0.2, -0.15) is 0 Å². The second kappa shape index (κ2) is 20.1. The zero-order valence-corrected chi connectivity index (χ0v) is 12.8. The van der Waals surface area contributed by atoms with E-state index in [-0.39, 0.29) is 6.29 Å². The zero-order valence-electron chi connectivity index (χ0n) is 12.8. The van der Waals surface area contributed by atoms with E-state index in [0.29, 0.717) is 19.3 Å². The largest absolute Gasteiger partial charge is 0.480 e. The van der Waals surface area contributed by atoms with Gasteiger partial charge in [0.25, 0.3) is 0 Å². The van der Waals surface area contributed by atoms with Crippen molar-refractivity contribution in [1.82, 2.24) is 0 Å². The Hall–Kier alpha value is -1.24. The van der Waals surface area contributed by atoms with Crippen molar-refractivity contribution in [2.24, 2.45) is 5.73 Å². The number of aldehydes is 1. The number of carbonyl (C=O) groups is 2. The van der Waals surface area contributed by atoms with Gasteiger partial charge in [0.1, 0.15) is 12.3 Å². The van der Waals surface area contributed by atoms with Crippen LogP contribution < -0.4 is 5.73 Å². The Morgan fingerprint density at radius 1 is 1.30 bits per heavy atom. The van der Waals surface area contributed by atoms with Crippen molar-refractivity contribution in [3.8, 4) is 0 Å². The van der Waals surface area contributed by atoms with Crippen LogP contribution in [0, 0.1) is 0 Å². The summed E-state index contributed by atoms with van der Waals surface area (Å²) < 4.78 is 10.1. The topological polar surface area (TPSA) is 98.9 Å². The van der Waals surface area contributed by atoms with Crippen LogP contribution in [0.4, 0.5) is 0 Å². The van der Waals surface area contributed by atoms with Crippen LogP contribution in [0.1, 0.15) is 40.0 Å². The van der Waals surface area contributed by atoms with Crippen LogP contribution in [0.15, 0.2) is 13.2 Å². The first-order valence-corrected chi connectivity index (χ1v) is 6.64. The number of carboxylic acid groups (broad SMARTS) is 1. The predicted molar refractivity (Wildman–Crippen MR) is 79.5 cm³/mol. The van der Waals surface area contributed by atoms with Crippen LogP contribution in [-0.2, 0) is 19.1 Å². The van der Waals surface area contributed by atoms with Crippen LogP contribution in [-0.4, -0.2) is 42.9 Å². The van der Waals surface area contributed by atoms with Crippen molar-refractivity contribution in [3.63, 3.8) is 0 Å². The van der Waals surface area contributed by atoms with E-state index in [9.17, 15) is 9.59 Å². The molecule has 0 aromatic carbocycles. The Kier molecular flexibility index (Phi) is 23.9. The highest BCUT2D eigenvalue weighted by Crippen LogP contribution is 1.96. The van der Waals surface area contributed by atoms with Gasteiger partial charge in [-0.15, -0.1) is 13.2 Å². The molecule has 120 valence electrons. The maximum absolute atomic E-state index is 10.1. The number of hydrogen-bond acceptors (Lipinski definition) is 5. The quantitative estimate of drug-likeness (QED) is 0.292. The average molecular weight is 291 g/mol. The summed E-state index contributed by atoms with van der Waals surface area (Å²) in [7, 11) is 0. The molecule has 0 spiro atoms. The summed E-state index contributed by atoms with van der Waals surface area (Å²) in [6.45, 7) is 13.3. The molecule has 0 saturated carbocycles. The van der Waals surface area contributed by atoms with Crippen molar-refractivity contribution in [3.05, 3.63) is 13.2 Å². The fraction of sp³-hybridized carbons (Fsp3) is 0.714. The molecule has 0 amide bonds. The van der Waals surface area contributed by atoms with Gasteiger partial charge in [-0.3, -0.25) is 4.79 Å². The van der Waals surface area contributed by atoms with Gasteiger partial charge in [0.15, 0.2) is 6.29 Å². The summed E-state index contributed by atoms with van der Waals surface area (Å²) in [5.74, 6) is -1.01. The molecule has 0 radical (unpaired) electrons. The molecule has 20 heavy (non-hydrogen) atoms. The second-order valence-corrected chi connectivity index (χ2v) is 3.52. The highest BCUT2D eigenvalue weighted by Gasteiger charge is 2.09. The Labute approximate surface area is 121 Å². The van der Waals surface area contributed by atoms with Gasteiger partial charge in [0.05, 0.1) is 0 Å². The molecule has 0 saturated heterocycles. The molecule has 0 aliphatic carbocycles. The summed E-state index contributed by atoms with van der Waals surface area (Å²) in [6, 6.07) is -0.819. The number of carboxylic acids is 1. The monoisotopic (exact) mass is 291 g/mol. The van der Waals surface area contributed by atoms with Gasteiger partial charge in [0.2, 0.25) is 0 Å². The molecule has 0 rings (SSSR count). The lowest BCUT2D eigenvalue weighted by Gasteiger charge is -2.09. The molecule has 0 bridgehead atoms. The Bertz CT molecular complexity index is 218. The lowest BCUT2D eigenvalue weighted by atomic mass is 10.1. The van der Waals surface area contributed by atoms with Crippen molar-refractivity contribution < 1.29 is 24.2 Å². The van der Waals surface area contributed by atoms with Gasteiger partial charge < -0.3 is 25.1 Å². The van der Waals surface area contributed by atoms with E-state index in [1.165, 1.54) is 0 Å². The smallest absolute Gasteiger partial charge is 0.320 e. The van der Waals surface area contributed by atoms with Crippen LogP contribution >= 0.6 is 0 Å². The fourth-order valence-corrected chi connectivity index (χ4v) is 1.06. The number of nitrogens with two attached hydrogens (primary N) is 1. The van der Waals surface area contributed by atoms with Gasteiger partial charge in [-0.25, -0.2) is 0 Å². The summed E-state index contributed by atoms with van der Waals surface area (Å²) in [5.41, 5.74) is 5.14. The molecular formula is C14H29NO5. The van der Waals surface area contributed by atoms with Crippen molar-refractivity contribution >= 4 is 12.3 Å². The van der Waals surface area contributed by atoms with E-state index in [4.69, 9.17) is 20.3 Å². The molecule has 0 aliphatic heterocycles. The zero-order chi connectivity index (χ0) is 16.4. The lowest BCUT2D eigenvalue weighted by molar-refractivity contribution is -0.138. The van der Waals surface area contributed by atoms with E-state index in [1.54, 1.807) is 0 Å². The van der Waals surface area contributed by atoms with E-state index < -0.39 is 12.0 Å².